The molecule has 0 atom stereocenters. The average Bonchev–Trinajstić information content (AvgIpc) is 3.41. The Morgan fingerprint density at radius 2 is 2.06 bits per heavy atom. The van der Waals surface area contributed by atoms with Crippen LogP contribution in [0.25, 0.3) is 11.3 Å². The third-order valence-corrected chi connectivity index (χ3v) is 5.86. The quantitative estimate of drug-likeness (QED) is 0.340. The first-order valence-corrected chi connectivity index (χ1v) is 11.5. The number of aromatic nitrogens is 3. The molecule has 0 unspecified atom stereocenters. The van der Waals surface area contributed by atoms with Gasteiger partial charge in [-0.1, -0.05) is 35.5 Å². The number of carbonyl (C=O) groups is 1. The maximum absolute atomic E-state index is 12.3. The number of benzene rings is 2. The minimum absolute atomic E-state index is 0.129. The van der Waals surface area contributed by atoms with E-state index >= 15 is 0 Å². The molecule has 0 saturated heterocycles. The van der Waals surface area contributed by atoms with Crippen LogP contribution in [0, 0.1) is 6.92 Å². The van der Waals surface area contributed by atoms with E-state index in [0.29, 0.717) is 27.6 Å². The van der Waals surface area contributed by atoms with E-state index in [2.05, 4.69) is 20.5 Å². The number of aryl methyl sites for hydroxylation is 1. The van der Waals surface area contributed by atoms with Crippen LogP contribution in [-0.2, 0) is 11.4 Å². The summed E-state index contributed by atoms with van der Waals surface area (Å²) in [5, 5.41) is 14.7. The Morgan fingerprint density at radius 1 is 1.23 bits per heavy atom. The summed E-state index contributed by atoms with van der Waals surface area (Å²) in [6, 6.07) is 14.6. The van der Waals surface area contributed by atoms with Gasteiger partial charge in [0.1, 0.15) is 5.75 Å². The van der Waals surface area contributed by atoms with Crippen molar-refractivity contribution in [2.45, 2.75) is 18.8 Å². The lowest BCUT2D eigenvalue weighted by atomic mass is 10.1. The smallest absolute Gasteiger partial charge is 0.277 e. The first kappa shape index (κ1) is 21.4. The predicted molar refractivity (Wildman–Crippen MR) is 122 cm³/mol. The number of hydrogen-bond donors (Lipinski definition) is 1. The first-order chi connectivity index (χ1) is 15.0. The largest absolute Gasteiger partial charge is 0.484 e. The minimum atomic E-state index is -0.172. The Bertz CT molecular complexity index is 1180. The summed E-state index contributed by atoms with van der Waals surface area (Å²) in [5.41, 5.74) is 2.56. The van der Waals surface area contributed by atoms with Crippen molar-refractivity contribution in [3.05, 3.63) is 69.8 Å². The molecule has 0 bridgehead atoms. The summed E-state index contributed by atoms with van der Waals surface area (Å²) in [4.78, 5) is 16.8. The molecular weight excluding hydrogens is 456 g/mol. The molecule has 0 aliphatic rings. The lowest BCUT2D eigenvalue weighted by Gasteiger charge is -2.05. The van der Waals surface area contributed by atoms with Gasteiger partial charge in [0.2, 0.25) is 5.91 Å². The van der Waals surface area contributed by atoms with E-state index in [4.69, 9.17) is 20.8 Å². The zero-order valence-electron chi connectivity index (χ0n) is 16.4. The molecule has 0 radical (unpaired) electrons. The van der Waals surface area contributed by atoms with Crippen molar-refractivity contribution in [2.75, 3.05) is 11.1 Å². The van der Waals surface area contributed by atoms with E-state index in [-0.39, 0.29) is 18.3 Å². The highest BCUT2D eigenvalue weighted by molar-refractivity contribution is 7.99. The maximum atomic E-state index is 12.3. The Balaban J connectivity index is 1.27. The van der Waals surface area contributed by atoms with E-state index in [1.807, 2.05) is 36.6 Å². The zero-order valence-corrected chi connectivity index (χ0v) is 18.8. The second-order valence-corrected chi connectivity index (χ2v) is 8.80. The van der Waals surface area contributed by atoms with Crippen molar-refractivity contribution in [1.29, 1.82) is 0 Å². The number of anilines is 1. The molecule has 0 saturated carbocycles. The molecule has 4 rings (SSSR count). The SMILES string of the molecule is Cc1nc(-c2cccc(NC(=O)CSc3nnc(COc4ccc(Cl)cc4)o3)c2)cs1. The number of ether oxygens (including phenoxy) is 1. The summed E-state index contributed by atoms with van der Waals surface area (Å²) in [6.07, 6.45) is 0. The van der Waals surface area contributed by atoms with Crippen molar-refractivity contribution in [3.8, 4) is 17.0 Å². The molecule has 0 aliphatic heterocycles. The molecule has 1 N–H and O–H groups in total. The van der Waals surface area contributed by atoms with Crippen LogP contribution < -0.4 is 10.1 Å². The fraction of sp³-hybridized carbons (Fsp3) is 0.143. The number of nitrogens with zero attached hydrogens (tertiary/aromatic N) is 3. The average molecular weight is 473 g/mol. The van der Waals surface area contributed by atoms with Gasteiger partial charge in [0.25, 0.3) is 11.1 Å². The van der Waals surface area contributed by atoms with Crippen LogP contribution in [0.1, 0.15) is 10.9 Å². The second-order valence-electron chi connectivity index (χ2n) is 6.37. The van der Waals surface area contributed by atoms with Crippen molar-refractivity contribution < 1.29 is 13.9 Å². The van der Waals surface area contributed by atoms with E-state index in [1.165, 1.54) is 0 Å². The van der Waals surface area contributed by atoms with Gasteiger partial charge in [0.15, 0.2) is 6.61 Å². The van der Waals surface area contributed by atoms with Gasteiger partial charge in [-0.25, -0.2) is 4.98 Å². The highest BCUT2D eigenvalue weighted by atomic mass is 35.5. The molecule has 31 heavy (non-hydrogen) atoms. The van der Waals surface area contributed by atoms with Gasteiger partial charge < -0.3 is 14.5 Å². The summed E-state index contributed by atoms with van der Waals surface area (Å²) in [7, 11) is 0. The number of amides is 1. The van der Waals surface area contributed by atoms with Crippen LogP contribution >= 0.6 is 34.7 Å². The summed E-state index contributed by atoms with van der Waals surface area (Å²) in [6.45, 7) is 2.09. The number of thioether (sulfide) groups is 1. The molecule has 2 heterocycles. The minimum Gasteiger partial charge on any atom is -0.484 e. The predicted octanol–water partition coefficient (Wildman–Crippen LogP) is 5.46. The van der Waals surface area contributed by atoms with Crippen molar-refractivity contribution in [1.82, 2.24) is 15.2 Å². The molecule has 4 aromatic rings. The molecule has 7 nitrogen and oxygen atoms in total. The third kappa shape index (κ3) is 6.06. The Hall–Kier alpha value is -2.88. The van der Waals surface area contributed by atoms with E-state index in [1.54, 1.807) is 35.6 Å². The number of carbonyl (C=O) groups excluding carboxylic acids is 1. The van der Waals surface area contributed by atoms with Gasteiger partial charge in [-0.05, 0) is 43.3 Å². The summed E-state index contributed by atoms with van der Waals surface area (Å²) < 4.78 is 11.1. The molecule has 158 valence electrons. The number of halogens is 1. The summed E-state index contributed by atoms with van der Waals surface area (Å²) in [5.74, 6) is 0.934. The number of hydrogen-bond acceptors (Lipinski definition) is 8. The van der Waals surface area contributed by atoms with Crippen LogP contribution in [0.2, 0.25) is 5.02 Å². The Labute approximate surface area is 191 Å². The van der Waals surface area contributed by atoms with Crippen LogP contribution in [0.4, 0.5) is 5.69 Å². The monoisotopic (exact) mass is 472 g/mol. The Morgan fingerprint density at radius 3 is 2.84 bits per heavy atom. The zero-order chi connectivity index (χ0) is 21.6. The standard InChI is InChI=1S/C21H17ClN4O3S2/c1-13-23-18(11-30-13)14-3-2-4-16(9-14)24-19(27)12-31-21-26-25-20(29-21)10-28-17-7-5-15(22)6-8-17/h2-9,11H,10,12H2,1H3,(H,24,27). The van der Waals surface area contributed by atoms with Crippen LogP contribution in [0.15, 0.2) is 63.6 Å². The fourth-order valence-electron chi connectivity index (χ4n) is 2.61. The topological polar surface area (TPSA) is 90.1 Å². The highest BCUT2D eigenvalue weighted by Crippen LogP contribution is 2.25. The van der Waals surface area contributed by atoms with E-state index in [9.17, 15) is 4.79 Å². The van der Waals surface area contributed by atoms with Gasteiger partial charge in [0.05, 0.1) is 16.5 Å². The molecule has 1 amide bonds. The van der Waals surface area contributed by atoms with Crippen molar-refractivity contribution in [3.63, 3.8) is 0 Å². The molecule has 10 heteroatoms. The van der Waals surface area contributed by atoms with Gasteiger partial charge in [0, 0.05) is 21.7 Å². The lowest BCUT2D eigenvalue weighted by Crippen LogP contribution is -2.14. The van der Waals surface area contributed by atoms with Gasteiger partial charge >= 0.3 is 0 Å². The molecule has 2 aromatic heterocycles. The molecular formula is C21H17ClN4O3S2. The third-order valence-electron chi connectivity index (χ3n) is 4.01. The Kier molecular flexibility index (Phi) is 6.86. The van der Waals surface area contributed by atoms with Crippen LogP contribution in [-0.4, -0.2) is 26.8 Å². The van der Waals surface area contributed by atoms with Gasteiger partial charge in [-0.15, -0.1) is 21.5 Å². The summed E-state index contributed by atoms with van der Waals surface area (Å²) >= 11 is 8.60. The van der Waals surface area contributed by atoms with Gasteiger partial charge in [-0.3, -0.25) is 4.79 Å². The highest BCUT2D eigenvalue weighted by Gasteiger charge is 2.11. The van der Waals surface area contributed by atoms with Crippen LogP contribution in [0.3, 0.4) is 0 Å². The van der Waals surface area contributed by atoms with Crippen molar-refractivity contribution >= 4 is 46.3 Å². The van der Waals surface area contributed by atoms with Crippen molar-refractivity contribution in [2.24, 2.45) is 0 Å². The molecule has 0 fully saturated rings. The first-order valence-electron chi connectivity index (χ1n) is 9.21. The molecule has 2 aromatic carbocycles. The van der Waals surface area contributed by atoms with E-state index in [0.717, 1.165) is 28.0 Å². The van der Waals surface area contributed by atoms with Crippen LogP contribution in [0.5, 0.6) is 5.75 Å². The van der Waals surface area contributed by atoms with E-state index < -0.39 is 0 Å². The number of thiazole rings is 1. The fourth-order valence-corrected chi connectivity index (χ4v) is 3.94. The molecule has 0 spiro atoms. The molecule has 0 aliphatic carbocycles. The second kappa shape index (κ2) is 9.95. The normalized spacial score (nSPS) is 10.8. The maximum Gasteiger partial charge on any atom is 0.277 e. The lowest BCUT2D eigenvalue weighted by molar-refractivity contribution is -0.113. The van der Waals surface area contributed by atoms with Gasteiger partial charge in [-0.2, -0.15) is 0 Å². The number of nitrogens with one attached hydrogen (secondary N) is 1. The number of rotatable bonds is 8.